The molecule has 0 saturated heterocycles. The lowest BCUT2D eigenvalue weighted by Gasteiger charge is -2.18. The van der Waals surface area contributed by atoms with E-state index in [0.717, 1.165) is 5.56 Å². The number of amides is 1. The van der Waals surface area contributed by atoms with Gasteiger partial charge in [0.2, 0.25) is 5.91 Å². The third-order valence-corrected chi connectivity index (χ3v) is 4.52. The largest absolute Gasteiger partial charge is 0.348 e. The molecule has 3 nitrogen and oxygen atoms in total. The number of thiophene rings is 1. The maximum atomic E-state index is 12.2. The van der Waals surface area contributed by atoms with Crippen LogP contribution in [0.2, 0.25) is 0 Å². The van der Waals surface area contributed by atoms with Crippen molar-refractivity contribution >= 4 is 17.2 Å². The molecule has 0 aliphatic carbocycles. The summed E-state index contributed by atoms with van der Waals surface area (Å²) >= 11 is 1.75. The Morgan fingerprint density at radius 1 is 1.29 bits per heavy atom. The first-order valence-corrected chi connectivity index (χ1v) is 7.96. The van der Waals surface area contributed by atoms with Gasteiger partial charge in [0.15, 0.2) is 0 Å². The van der Waals surface area contributed by atoms with Gasteiger partial charge in [0.05, 0.1) is 12.1 Å². The van der Waals surface area contributed by atoms with Gasteiger partial charge in [-0.25, -0.2) is 0 Å². The average Bonchev–Trinajstić information content (AvgIpc) is 2.78. The molecule has 0 fully saturated rings. The van der Waals surface area contributed by atoms with Crippen LogP contribution in [0.3, 0.4) is 0 Å². The van der Waals surface area contributed by atoms with Crippen LogP contribution in [0.1, 0.15) is 33.8 Å². The van der Waals surface area contributed by atoms with Gasteiger partial charge in [0.25, 0.3) is 0 Å². The number of benzene rings is 1. The maximum absolute atomic E-state index is 12.2. The van der Waals surface area contributed by atoms with Gasteiger partial charge in [0, 0.05) is 9.75 Å². The Bertz CT molecular complexity index is 607. The smallest absolute Gasteiger partial charge is 0.237 e. The van der Waals surface area contributed by atoms with Gasteiger partial charge in [-0.15, -0.1) is 11.3 Å². The molecular weight excluding hydrogens is 280 g/mol. The zero-order valence-electron chi connectivity index (χ0n) is 12.7. The van der Waals surface area contributed by atoms with E-state index in [1.807, 2.05) is 37.3 Å². The molecule has 1 aromatic carbocycles. The SMILES string of the molecule is Cc1cc(C(C)NC(=O)C(N)Cc2ccccc2)c(C)s1. The van der Waals surface area contributed by atoms with E-state index in [9.17, 15) is 4.79 Å². The van der Waals surface area contributed by atoms with Crippen molar-refractivity contribution in [3.05, 3.63) is 57.3 Å². The predicted molar refractivity (Wildman–Crippen MR) is 88.5 cm³/mol. The monoisotopic (exact) mass is 302 g/mol. The van der Waals surface area contributed by atoms with Gasteiger partial charge in [-0.3, -0.25) is 4.79 Å². The Morgan fingerprint density at radius 2 is 1.95 bits per heavy atom. The molecule has 2 aromatic rings. The number of carbonyl (C=O) groups is 1. The lowest BCUT2D eigenvalue weighted by atomic mass is 10.0. The molecule has 1 aromatic heterocycles. The van der Waals surface area contributed by atoms with E-state index in [0.29, 0.717) is 6.42 Å². The fourth-order valence-corrected chi connectivity index (χ4v) is 3.46. The Kier molecular flexibility index (Phi) is 5.15. The van der Waals surface area contributed by atoms with Gasteiger partial charge < -0.3 is 11.1 Å². The van der Waals surface area contributed by atoms with Crippen molar-refractivity contribution in [3.8, 4) is 0 Å². The Labute approximate surface area is 130 Å². The molecule has 0 spiro atoms. The first-order valence-electron chi connectivity index (χ1n) is 7.14. The molecule has 2 atom stereocenters. The van der Waals surface area contributed by atoms with Crippen molar-refractivity contribution in [2.75, 3.05) is 0 Å². The van der Waals surface area contributed by atoms with Crippen molar-refractivity contribution < 1.29 is 4.79 Å². The van der Waals surface area contributed by atoms with E-state index in [-0.39, 0.29) is 11.9 Å². The molecule has 4 heteroatoms. The van der Waals surface area contributed by atoms with Gasteiger partial charge in [-0.2, -0.15) is 0 Å². The number of nitrogens with one attached hydrogen (secondary N) is 1. The minimum absolute atomic E-state index is 0.00993. The molecule has 0 bridgehead atoms. The van der Waals surface area contributed by atoms with Crippen LogP contribution in [0.4, 0.5) is 0 Å². The number of aryl methyl sites for hydroxylation is 2. The van der Waals surface area contributed by atoms with Crippen LogP contribution >= 0.6 is 11.3 Å². The number of carbonyl (C=O) groups excluding carboxylic acids is 1. The van der Waals surface area contributed by atoms with E-state index in [2.05, 4.69) is 25.2 Å². The van der Waals surface area contributed by atoms with E-state index in [1.165, 1.54) is 15.3 Å². The summed E-state index contributed by atoms with van der Waals surface area (Å²) in [6.45, 7) is 6.16. The van der Waals surface area contributed by atoms with Crippen LogP contribution in [-0.2, 0) is 11.2 Å². The zero-order chi connectivity index (χ0) is 15.4. The first kappa shape index (κ1) is 15.7. The molecule has 1 heterocycles. The van der Waals surface area contributed by atoms with Gasteiger partial charge in [-0.05, 0) is 44.4 Å². The summed E-state index contributed by atoms with van der Waals surface area (Å²) in [4.78, 5) is 14.7. The quantitative estimate of drug-likeness (QED) is 0.891. The normalized spacial score (nSPS) is 13.7. The highest BCUT2D eigenvalue weighted by Gasteiger charge is 2.18. The second-order valence-electron chi connectivity index (χ2n) is 5.40. The summed E-state index contributed by atoms with van der Waals surface area (Å²) in [5.41, 5.74) is 8.27. The third-order valence-electron chi connectivity index (χ3n) is 3.54. The molecule has 2 rings (SSSR count). The van der Waals surface area contributed by atoms with Crippen molar-refractivity contribution in [2.45, 2.75) is 39.3 Å². The van der Waals surface area contributed by atoms with Crippen molar-refractivity contribution in [1.82, 2.24) is 5.32 Å². The fourth-order valence-electron chi connectivity index (χ4n) is 2.44. The van der Waals surface area contributed by atoms with Crippen LogP contribution in [0, 0.1) is 13.8 Å². The van der Waals surface area contributed by atoms with Gasteiger partial charge >= 0.3 is 0 Å². The Hall–Kier alpha value is -1.65. The third kappa shape index (κ3) is 4.16. The van der Waals surface area contributed by atoms with Crippen LogP contribution in [-0.4, -0.2) is 11.9 Å². The van der Waals surface area contributed by atoms with E-state index in [1.54, 1.807) is 11.3 Å². The van der Waals surface area contributed by atoms with Crippen LogP contribution in [0.5, 0.6) is 0 Å². The highest BCUT2D eigenvalue weighted by molar-refractivity contribution is 7.12. The number of hydrogen-bond acceptors (Lipinski definition) is 3. The molecule has 112 valence electrons. The molecule has 2 unspecified atom stereocenters. The highest BCUT2D eigenvalue weighted by atomic mass is 32.1. The predicted octanol–water partition coefficient (Wildman–Crippen LogP) is 3.11. The van der Waals surface area contributed by atoms with Crippen molar-refractivity contribution in [3.63, 3.8) is 0 Å². The Balaban J connectivity index is 1.96. The fraction of sp³-hybridized carbons (Fsp3) is 0.353. The van der Waals surface area contributed by atoms with E-state index >= 15 is 0 Å². The first-order chi connectivity index (χ1) is 9.97. The highest BCUT2D eigenvalue weighted by Crippen LogP contribution is 2.26. The standard InChI is InChI=1S/C17H22N2OS/c1-11-9-15(13(3)21-11)12(2)19-17(20)16(18)10-14-7-5-4-6-8-14/h4-9,12,16H,10,18H2,1-3H3,(H,19,20). The lowest BCUT2D eigenvalue weighted by molar-refractivity contribution is -0.123. The van der Waals surface area contributed by atoms with Crippen molar-refractivity contribution in [2.24, 2.45) is 5.73 Å². The molecule has 3 N–H and O–H groups in total. The Morgan fingerprint density at radius 3 is 2.52 bits per heavy atom. The second-order valence-corrected chi connectivity index (χ2v) is 6.86. The van der Waals surface area contributed by atoms with Crippen LogP contribution in [0.15, 0.2) is 36.4 Å². The zero-order valence-corrected chi connectivity index (χ0v) is 13.5. The average molecular weight is 302 g/mol. The molecule has 0 aliphatic rings. The maximum Gasteiger partial charge on any atom is 0.237 e. The number of rotatable bonds is 5. The summed E-state index contributed by atoms with van der Waals surface area (Å²) in [5, 5.41) is 3.01. The molecule has 0 aliphatic heterocycles. The summed E-state index contributed by atoms with van der Waals surface area (Å²) in [7, 11) is 0. The van der Waals surface area contributed by atoms with E-state index in [4.69, 9.17) is 5.73 Å². The molecular formula is C17H22N2OS. The molecule has 1 amide bonds. The summed E-state index contributed by atoms with van der Waals surface area (Å²) in [6.07, 6.45) is 0.557. The summed E-state index contributed by atoms with van der Waals surface area (Å²) < 4.78 is 0. The minimum atomic E-state index is -0.519. The number of hydrogen-bond donors (Lipinski definition) is 2. The van der Waals surface area contributed by atoms with Crippen LogP contribution < -0.4 is 11.1 Å². The summed E-state index contributed by atoms with van der Waals surface area (Å²) in [5.74, 6) is -0.102. The van der Waals surface area contributed by atoms with E-state index < -0.39 is 6.04 Å². The van der Waals surface area contributed by atoms with Crippen molar-refractivity contribution in [1.29, 1.82) is 0 Å². The summed E-state index contributed by atoms with van der Waals surface area (Å²) in [6, 6.07) is 11.5. The van der Waals surface area contributed by atoms with Crippen LogP contribution in [0.25, 0.3) is 0 Å². The molecule has 0 saturated carbocycles. The lowest BCUT2D eigenvalue weighted by Crippen LogP contribution is -2.43. The molecule has 21 heavy (non-hydrogen) atoms. The minimum Gasteiger partial charge on any atom is -0.348 e. The number of nitrogens with two attached hydrogens (primary N) is 1. The second kappa shape index (κ2) is 6.87. The van der Waals surface area contributed by atoms with Gasteiger partial charge in [0.1, 0.15) is 0 Å². The van der Waals surface area contributed by atoms with Gasteiger partial charge in [-0.1, -0.05) is 30.3 Å². The topological polar surface area (TPSA) is 55.1 Å². The molecule has 0 radical (unpaired) electrons.